The standard InChI is InChI=1S/C21H22O4/c1-21(2)9-8-17-18(25-21)7-4-13-10-14(12-24-20(13)17)16-6-5-15(22)11-19(16)23-3/h4-9,11,14,22H,10,12H2,1-3H3/t14-/m0/s1. The molecule has 130 valence electrons. The Balaban J connectivity index is 1.67. The third kappa shape index (κ3) is 2.82. The Hall–Kier alpha value is -2.62. The van der Waals surface area contributed by atoms with Crippen molar-refractivity contribution in [3.8, 4) is 23.0 Å². The lowest BCUT2D eigenvalue weighted by atomic mass is 9.88. The van der Waals surface area contributed by atoms with Crippen molar-refractivity contribution in [2.45, 2.75) is 31.8 Å². The van der Waals surface area contributed by atoms with E-state index < -0.39 is 0 Å². The zero-order chi connectivity index (χ0) is 17.6. The van der Waals surface area contributed by atoms with Crippen LogP contribution >= 0.6 is 0 Å². The van der Waals surface area contributed by atoms with Gasteiger partial charge in [-0.1, -0.05) is 12.1 Å². The summed E-state index contributed by atoms with van der Waals surface area (Å²) in [6.07, 6.45) is 5.02. The summed E-state index contributed by atoms with van der Waals surface area (Å²) in [6.45, 7) is 4.65. The summed E-state index contributed by atoms with van der Waals surface area (Å²) in [4.78, 5) is 0. The quantitative estimate of drug-likeness (QED) is 0.887. The molecule has 0 bridgehead atoms. The predicted molar refractivity (Wildman–Crippen MR) is 96.8 cm³/mol. The average molecular weight is 338 g/mol. The van der Waals surface area contributed by atoms with Gasteiger partial charge in [-0.25, -0.2) is 0 Å². The lowest BCUT2D eigenvalue weighted by Gasteiger charge is -2.32. The highest BCUT2D eigenvalue weighted by Gasteiger charge is 2.30. The molecule has 0 saturated heterocycles. The van der Waals surface area contributed by atoms with Gasteiger partial charge in [0.1, 0.15) is 28.6 Å². The summed E-state index contributed by atoms with van der Waals surface area (Å²) in [6, 6.07) is 9.37. The maximum atomic E-state index is 9.67. The van der Waals surface area contributed by atoms with Crippen LogP contribution in [-0.2, 0) is 6.42 Å². The summed E-state index contributed by atoms with van der Waals surface area (Å²) < 4.78 is 17.6. The normalized spacial score (nSPS) is 20.0. The second-order valence-electron chi connectivity index (χ2n) is 7.14. The number of methoxy groups -OCH3 is 1. The highest BCUT2D eigenvalue weighted by molar-refractivity contribution is 5.69. The van der Waals surface area contributed by atoms with Gasteiger partial charge in [0.25, 0.3) is 0 Å². The first-order valence-corrected chi connectivity index (χ1v) is 8.51. The number of hydrogen-bond donors (Lipinski definition) is 1. The van der Waals surface area contributed by atoms with Crippen LogP contribution in [0, 0.1) is 0 Å². The molecule has 0 aliphatic carbocycles. The first-order chi connectivity index (χ1) is 12.0. The van der Waals surface area contributed by atoms with Gasteiger partial charge in [-0.05, 0) is 50.1 Å². The molecule has 2 heterocycles. The number of rotatable bonds is 2. The third-order valence-electron chi connectivity index (χ3n) is 4.81. The van der Waals surface area contributed by atoms with Crippen LogP contribution in [0.2, 0.25) is 0 Å². The van der Waals surface area contributed by atoms with Crippen molar-refractivity contribution in [2.24, 2.45) is 0 Å². The highest BCUT2D eigenvalue weighted by Crippen LogP contribution is 2.44. The zero-order valence-corrected chi connectivity index (χ0v) is 14.7. The summed E-state index contributed by atoms with van der Waals surface area (Å²) in [5.41, 5.74) is 2.94. The third-order valence-corrected chi connectivity index (χ3v) is 4.81. The monoisotopic (exact) mass is 338 g/mol. The molecule has 0 amide bonds. The molecule has 4 nitrogen and oxygen atoms in total. The van der Waals surface area contributed by atoms with Gasteiger partial charge < -0.3 is 19.3 Å². The van der Waals surface area contributed by atoms with E-state index >= 15 is 0 Å². The van der Waals surface area contributed by atoms with E-state index in [0.717, 1.165) is 34.6 Å². The van der Waals surface area contributed by atoms with E-state index in [1.165, 1.54) is 0 Å². The molecule has 0 spiro atoms. The summed E-state index contributed by atoms with van der Waals surface area (Å²) >= 11 is 0. The van der Waals surface area contributed by atoms with Gasteiger partial charge >= 0.3 is 0 Å². The van der Waals surface area contributed by atoms with Gasteiger partial charge in [0, 0.05) is 17.5 Å². The first-order valence-electron chi connectivity index (χ1n) is 8.51. The molecule has 0 aromatic heterocycles. The van der Waals surface area contributed by atoms with Crippen molar-refractivity contribution in [3.05, 3.63) is 53.1 Å². The minimum absolute atomic E-state index is 0.186. The fourth-order valence-electron chi connectivity index (χ4n) is 3.55. The lowest BCUT2D eigenvalue weighted by molar-refractivity contribution is 0.157. The van der Waals surface area contributed by atoms with Crippen molar-refractivity contribution in [3.63, 3.8) is 0 Å². The number of hydrogen-bond acceptors (Lipinski definition) is 4. The smallest absolute Gasteiger partial charge is 0.133 e. The SMILES string of the molecule is COc1cc(O)ccc1[C@@H]1COc2c(ccc3c2C=CC(C)(C)O3)C1. The van der Waals surface area contributed by atoms with E-state index in [9.17, 15) is 5.11 Å². The number of benzene rings is 2. The van der Waals surface area contributed by atoms with Crippen molar-refractivity contribution < 1.29 is 19.3 Å². The lowest BCUT2D eigenvalue weighted by Crippen LogP contribution is -2.28. The Morgan fingerprint density at radius 1 is 1.20 bits per heavy atom. The van der Waals surface area contributed by atoms with Crippen LogP contribution in [0.15, 0.2) is 36.4 Å². The van der Waals surface area contributed by atoms with Crippen LogP contribution in [0.4, 0.5) is 0 Å². The van der Waals surface area contributed by atoms with Gasteiger partial charge in [0.05, 0.1) is 19.3 Å². The number of aromatic hydroxyl groups is 1. The molecule has 2 aliphatic rings. The number of ether oxygens (including phenoxy) is 3. The molecule has 25 heavy (non-hydrogen) atoms. The Morgan fingerprint density at radius 2 is 2.04 bits per heavy atom. The van der Waals surface area contributed by atoms with Crippen LogP contribution in [0.25, 0.3) is 6.08 Å². The highest BCUT2D eigenvalue weighted by atomic mass is 16.5. The summed E-state index contributed by atoms with van der Waals surface area (Å²) in [7, 11) is 1.62. The molecule has 2 aliphatic heterocycles. The topological polar surface area (TPSA) is 47.9 Å². The van der Waals surface area contributed by atoms with Crippen molar-refractivity contribution in [1.29, 1.82) is 0 Å². The minimum atomic E-state index is -0.294. The van der Waals surface area contributed by atoms with E-state index in [2.05, 4.69) is 18.2 Å². The van der Waals surface area contributed by atoms with E-state index in [-0.39, 0.29) is 17.3 Å². The predicted octanol–water partition coefficient (Wildman–Crippen LogP) is 4.30. The second-order valence-corrected chi connectivity index (χ2v) is 7.14. The molecule has 2 aromatic rings. The van der Waals surface area contributed by atoms with Gasteiger partial charge in [-0.3, -0.25) is 0 Å². The number of fused-ring (bicyclic) bond motifs is 3. The molecule has 0 radical (unpaired) electrons. The molecule has 0 unspecified atom stereocenters. The number of phenolic OH excluding ortho intramolecular Hbond substituents is 1. The zero-order valence-electron chi connectivity index (χ0n) is 14.7. The van der Waals surface area contributed by atoms with Crippen molar-refractivity contribution in [2.75, 3.05) is 13.7 Å². The van der Waals surface area contributed by atoms with Gasteiger partial charge in [-0.15, -0.1) is 0 Å². The van der Waals surface area contributed by atoms with E-state index in [1.54, 1.807) is 19.2 Å². The maximum absolute atomic E-state index is 9.67. The van der Waals surface area contributed by atoms with Crippen molar-refractivity contribution in [1.82, 2.24) is 0 Å². The van der Waals surface area contributed by atoms with E-state index in [0.29, 0.717) is 12.4 Å². The molecule has 0 fully saturated rings. The van der Waals surface area contributed by atoms with E-state index in [4.69, 9.17) is 14.2 Å². The Labute approximate surface area is 147 Å². The molecule has 2 aromatic carbocycles. The van der Waals surface area contributed by atoms with Gasteiger partial charge in [0.2, 0.25) is 0 Å². The molecular formula is C21H22O4. The molecule has 4 rings (SSSR count). The first kappa shape index (κ1) is 15.9. The van der Waals surface area contributed by atoms with Crippen LogP contribution in [0.1, 0.15) is 36.5 Å². The van der Waals surface area contributed by atoms with Gasteiger partial charge in [0.15, 0.2) is 0 Å². The van der Waals surface area contributed by atoms with Crippen LogP contribution in [0.3, 0.4) is 0 Å². The van der Waals surface area contributed by atoms with E-state index in [1.807, 2.05) is 26.0 Å². The molecule has 0 saturated carbocycles. The fraction of sp³-hybridized carbons (Fsp3) is 0.333. The Kier molecular flexibility index (Phi) is 3.64. The maximum Gasteiger partial charge on any atom is 0.133 e. The Bertz CT molecular complexity index is 851. The molecular weight excluding hydrogens is 316 g/mol. The van der Waals surface area contributed by atoms with Crippen molar-refractivity contribution >= 4 is 6.08 Å². The average Bonchev–Trinajstić information content (AvgIpc) is 2.60. The molecule has 4 heteroatoms. The van der Waals surface area contributed by atoms with Crippen LogP contribution in [-0.4, -0.2) is 24.4 Å². The largest absolute Gasteiger partial charge is 0.508 e. The number of phenols is 1. The minimum Gasteiger partial charge on any atom is -0.508 e. The Morgan fingerprint density at radius 3 is 2.84 bits per heavy atom. The molecule has 1 atom stereocenters. The summed E-state index contributed by atoms with van der Waals surface area (Å²) in [5, 5.41) is 9.67. The van der Waals surface area contributed by atoms with Crippen LogP contribution in [0.5, 0.6) is 23.0 Å². The summed E-state index contributed by atoms with van der Waals surface area (Å²) in [5.74, 6) is 2.87. The van der Waals surface area contributed by atoms with Crippen LogP contribution < -0.4 is 14.2 Å². The second kappa shape index (κ2) is 5.73. The molecule has 1 N–H and O–H groups in total. The van der Waals surface area contributed by atoms with Gasteiger partial charge in [-0.2, -0.15) is 0 Å². The fourth-order valence-corrected chi connectivity index (χ4v) is 3.55.